The average Bonchev–Trinajstić information content (AvgIpc) is 3.39. The highest BCUT2D eigenvalue weighted by Gasteiger charge is 2.26. The number of nitrogens with one attached hydrogen (secondary N) is 2. The molecule has 196 valence electrons. The average molecular weight is 523 g/mol. The fraction of sp³-hybridized carbons (Fsp3) is 0.133. The van der Waals surface area contributed by atoms with Gasteiger partial charge in [0, 0.05) is 17.3 Å². The van der Waals surface area contributed by atoms with Gasteiger partial charge in [0.1, 0.15) is 23.7 Å². The lowest BCUT2D eigenvalue weighted by molar-refractivity contribution is -0.128. The lowest BCUT2D eigenvalue weighted by atomic mass is 9.99. The number of aromatic hydroxyl groups is 1. The smallest absolute Gasteiger partial charge is 0.252 e. The van der Waals surface area contributed by atoms with Crippen molar-refractivity contribution in [2.24, 2.45) is 0 Å². The zero-order chi connectivity index (χ0) is 27.5. The number of amides is 1. The molecule has 9 heteroatoms. The Morgan fingerprint density at radius 3 is 2.51 bits per heavy atom. The SMILES string of the molecule is COc1ncccc1-c1ccc(O)c(-c2nc3ccc(C(=O)N[C@H](C(=O)C(C)O)c4ccccc4)cc3[nH]2)c1. The molecule has 1 amide bonds. The molecule has 5 rings (SSSR count). The maximum atomic E-state index is 13.2. The molecule has 2 aromatic heterocycles. The number of hydrogen-bond donors (Lipinski definition) is 4. The first-order chi connectivity index (χ1) is 18.9. The number of aromatic amines is 1. The fourth-order valence-corrected chi connectivity index (χ4v) is 4.36. The molecule has 0 saturated heterocycles. The van der Waals surface area contributed by atoms with Gasteiger partial charge < -0.3 is 25.3 Å². The minimum Gasteiger partial charge on any atom is -0.507 e. The largest absolute Gasteiger partial charge is 0.507 e. The van der Waals surface area contributed by atoms with Gasteiger partial charge >= 0.3 is 0 Å². The van der Waals surface area contributed by atoms with E-state index < -0.39 is 23.8 Å². The molecule has 0 spiro atoms. The van der Waals surface area contributed by atoms with Crippen LogP contribution in [0.5, 0.6) is 11.6 Å². The van der Waals surface area contributed by atoms with Crippen LogP contribution in [-0.4, -0.2) is 50.1 Å². The predicted molar refractivity (Wildman–Crippen MR) is 146 cm³/mol. The Morgan fingerprint density at radius 1 is 0.974 bits per heavy atom. The minimum atomic E-state index is -1.25. The normalized spacial score (nSPS) is 12.6. The van der Waals surface area contributed by atoms with E-state index in [9.17, 15) is 19.8 Å². The van der Waals surface area contributed by atoms with E-state index in [4.69, 9.17) is 4.74 Å². The van der Waals surface area contributed by atoms with Gasteiger partial charge in [-0.3, -0.25) is 9.59 Å². The van der Waals surface area contributed by atoms with E-state index in [1.807, 2.05) is 6.07 Å². The van der Waals surface area contributed by atoms with Crippen molar-refractivity contribution in [1.82, 2.24) is 20.3 Å². The number of rotatable bonds is 8. The van der Waals surface area contributed by atoms with Gasteiger partial charge in [0.05, 0.1) is 23.7 Å². The van der Waals surface area contributed by atoms with Crippen LogP contribution < -0.4 is 10.1 Å². The molecule has 39 heavy (non-hydrogen) atoms. The van der Waals surface area contributed by atoms with E-state index in [0.717, 1.165) is 11.1 Å². The Bertz CT molecular complexity index is 1660. The van der Waals surface area contributed by atoms with Crippen LogP contribution in [0.3, 0.4) is 0 Å². The van der Waals surface area contributed by atoms with Crippen molar-refractivity contribution in [2.45, 2.75) is 19.1 Å². The summed E-state index contributed by atoms with van der Waals surface area (Å²) in [6.45, 7) is 1.37. The first kappa shape index (κ1) is 25.6. The van der Waals surface area contributed by atoms with E-state index in [1.54, 1.807) is 86.1 Å². The number of phenolic OH excluding ortho intramolecular Hbond substituents is 1. The van der Waals surface area contributed by atoms with Gasteiger partial charge in [-0.1, -0.05) is 36.4 Å². The number of hydrogen-bond acceptors (Lipinski definition) is 7. The summed E-state index contributed by atoms with van der Waals surface area (Å²) in [5.74, 6) is -0.0982. The molecular weight excluding hydrogens is 496 g/mol. The van der Waals surface area contributed by atoms with Crippen molar-refractivity contribution in [3.05, 3.63) is 96.2 Å². The first-order valence-electron chi connectivity index (χ1n) is 12.3. The van der Waals surface area contributed by atoms with Gasteiger partial charge in [-0.25, -0.2) is 9.97 Å². The third kappa shape index (κ3) is 5.21. The summed E-state index contributed by atoms with van der Waals surface area (Å²) in [7, 11) is 1.54. The summed E-state index contributed by atoms with van der Waals surface area (Å²) < 4.78 is 5.37. The molecule has 3 aromatic carbocycles. The van der Waals surface area contributed by atoms with E-state index >= 15 is 0 Å². The minimum absolute atomic E-state index is 0.0287. The number of ether oxygens (including phenoxy) is 1. The lowest BCUT2D eigenvalue weighted by Gasteiger charge is -2.19. The molecule has 2 heterocycles. The highest BCUT2D eigenvalue weighted by molar-refractivity contribution is 6.01. The molecule has 0 fully saturated rings. The fourth-order valence-electron chi connectivity index (χ4n) is 4.36. The number of methoxy groups -OCH3 is 1. The van der Waals surface area contributed by atoms with Crippen LogP contribution in [-0.2, 0) is 4.79 Å². The maximum Gasteiger partial charge on any atom is 0.252 e. The molecule has 0 aliphatic rings. The number of H-pyrrole nitrogens is 1. The summed E-state index contributed by atoms with van der Waals surface area (Å²) in [6, 6.07) is 21.5. The summed E-state index contributed by atoms with van der Waals surface area (Å²) in [5.41, 5.74) is 4.04. The number of ketones is 1. The van der Waals surface area contributed by atoms with E-state index in [0.29, 0.717) is 39.4 Å². The Hall–Kier alpha value is -5.02. The number of nitrogens with zero attached hydrogens (tertiary/aromatic N) is 2. The summed E-state index contributed by atoms with van der Waals surface area (Å²) in [6.07, 6.45) is 0.391. The van der Waals surface area contributed by atoms with Crippen LogP contribution in [0.2, 0.25) is 0 Å². The molecular formula is C30H26N4O5. The van der Waals surface area contributed by atoms with Gasteiger partial charge in [-0.2, -0.15) is 0 Å². The maximum absolute atomic E-state index is 13.2. The van der Waals surface area contributed by atoms with Gasteiger partial charge in [0.15, 0.2) is 5.78 Å². The number of aromatic nitrogens is 3. The van der Waals surface area contributed by atoms with E-state index in [2.05, 4.69) is 20.3 Å². The zero-order valence-corrected chi connectivity index (χ0v) is 21.3. The number of fused-ring (bicyclic) bond motifs is 1. The van der Waals surface area contributed by atoms with Gasteiger partial charge in [0.2, 0.25) is 5.88 Å². The van der Waals surface area contributed by atoms with Crippen molar-refractivity contribution in [1.29, 1.82) is 0 Å². The van der Waals surface area contributed by atoms with Crippen molar-refractivity contribution in [3.8, 4) is 34.1 Å². The van der Waals surface area contributed by atoms with Crippen LogP contribution in [0.15, 0.2) is 85.1 Å². The number of Topliss-reactive ketones (excluding diaryl/α,β-unsaturated/α-hetero) is 1. The van der Waals surface area contributed by atoms with E-state index in [-0.39, 0.29) is 5.75 Å². The number of benzene rings is 3. The third-order valence-corrected chi connectivity index (χ3v) is 6.38. The van der Waals surface area contributed by atoms with Crippen LogP contribution >= 0.6 is 0 Å². The molecule has 9 nitrogen and oxygen atoms in total. The van der Waals surface area contributed by atoms with E-state index in [1.165, 1.54) is 6.92 Å². The van der Waals surface area contributed by atoms with Gasteiger partial charge in [0.25, 0.3) is 5.91 Å². The van der Waals surface area contributed by atoms with Crippen LogP contribution in [0.1, 0.15) is 28.9 Å². The van der Waals surface area contributed by atoms with Crippen LogP contribution in [0.4, 0.5) is 0 Å². The number of carbonyl (C=O) groups excluding carboxylic acids is 2. The number of aliphatic hydroxyl groups excluding tert-OH is 1. The topological polar surface area (TPSA) is 137 Å². The second-order valence-electron chi connectivity index (χ2n) is 9.01. The Labute approximate surface area is 224 Å². The van der Waals surface area contributed by atoms with Crippen molar-refractivity contribution >= 4 is 22.7 Å². The second-order valence-corrected chi connectivity index (χ2v) is 9.01. The highest BCUT2D eigenvalue weighted by atomic mass is 16.5. The van der Waals surface area contributed by atoms with Crippen molar-refractivity contribution < 1.29 is 24.5 Å². The number of imidazole rings is 1. The molecule has 4 N–H and O–H groups in total. The Balaban J connectivity index is 1.46. The summed E-state index contributed by atoms with van der Waals surface area (Å²) in [5, 5.41) is 23.2. The van der Waals surface area contributed by atoms with Gasteiger partial charge in [-0.15, -0.1) is 0 Å². The van der Waals surface area contributed by atoms with Crippen LogP contribution in [0, 0.1) is 0 Å². The molecule has 5 aromatic rings. The number of pyridine rings is 1. The molecule has 0 radical (unpaired) electrons. The summed E-state index contributed by atoms with van der Waals surface area (Å²) in [4.78, 5) is 37.8. The van der Waals surface area contributed by atoms with Crippen LogP contribution in [0.25, 0.3) is 33.5 Å². The second kappa shape index (κ2) is 10.8. The first-order valence-corrected chi connectivity index (χ1v) is 12.3. The standard InChI is InChI=1S/C30H26N4O5/c1-17(35)27(37)26(18-7-4-3-5-8-18)34-29(38)20-10-12-23-24(16-20)33-28(32-23)22-15-19(11-13-25(22)36)21-9-6-14-31-30(21)39-2/h3-17,26,35-36H,1-2H3,(H,32,33)(H,34,38)/t17?,26-/m0/s1. The molecule has 0 aliphatic heterocycles. The molecule has 1 unspecified atom stereocenters. The summed E-state index contributed by atoms with van der Waals surface area (Å²) >= 11 is 0. The van der Waals surface area contributed by atoms with Crippen molar-refractivity contribution in [3.63, 3.8) is 0 Å². The lowest BCUT2D eigenvalue weighted by Crippen LogP contribution is -2.38. The quantitative estimate of drug-likeness (QED) is 0.237. The molecule has 2 atom stereocenters. The Morgan fingerprint density at radius 2 is 1.77 bits per heavy atom. The van der Waals surface area contributed by atoms with Gasteiger partial charge in [-0.05, 0) is 60.5 Å². The Kier molecular flexibility index (Phi) is 7.07. The van der Waals surface area contributed by atoms with Crippen molar-refractivity contribution in [2.75, 3.05) is 7.11 Å². The number of phenols is 1. The highest BCUT2D eigenvalue weighted by Crippen LogP contribution is 2.35. The monoisotopic (exact) mass is 522 g/mol. The molecule has 0 bridgehead atoms. The third-order valence-electron chi connectivity index (χ3n) is 6.38. The predicted octanol–water partition coefficient (Wildman–Crippen LogP) is 4.43. The molecule has 0 saturated carbocycles. The zero-order valence-electron chi connectivity index (χ0n) is 21.3. The molecule has 0 aliphatic carbocycles. The number of carbonyl (C=O) groups is 2. The number of aliphatic hydroxyl groups is 1.